The Hall–Kier alpha value is -3.07. The summed E-state index contributed by atoms with van der Waals surface area (Å²) in [5.41, 5.74) is 0.230. The van der Waals surface area contributed by atoms with E-state index in [0.29, 0.717) is 24.4 Å². The van der Waals surface area contributed by atoms with Gasteiger partial charge in [0.15, 0.2) is 10.3 Å². The van der Waals surface area contributed by atoms with E-state index < -0.39 is 11.9 Å². The topological polar surface area (TPSA) is 132 Å². The van der Waals surface area contributed by atoms with Crippen LogP contribution in [-0.4, -0.2) is 54.6 Å². The minimum Gasteiger partial charge on any atom is -0.497 e. The van der Waals surface area contributed by atoms with E-state index in [-0.39, 0.29) is 11.4 Å². The van der Waals surface area contributed by atoms with Crippen LogP contribution in [0.1, 0.15) is 10.5 Å². The Morgan fingerprint density at radius 3 is 2.66 bits per heavy atom. The fraction of sp³-hybridized carbons (Fsp3) is 0.143. The molecule has 1 aromatic carbocycles. The summed E-state index contributed by atoms with van der Waals surface area (Å²) in [7, 11) is 3.43. The first-order chi connectivity index (χ1) is 16.9. The SMILES string of the molecule is COc1ccc(Sc2ccc(Sc3nncn3C)nc2C(=O)Nc2ncc(SCC(=O)O)s2)cc1. The highest BCUT2D eigenvalue weighted by Crippen LogP contribution is 2.34. The van der Waals surface area contributed by atoms with Crippen molar-refractivity contribution in [3.63, 3.8) is 0 Å². The van der Waals surface area contributed by atoms with Crippen LogP contribution in [0.25, 0.3) is 0 Å². The van der Waals surface area contributed by atoms with Gasteiger partial charge in [-0.2, -0.15) is 0 Å². The molecule has 0 unspecified atom stereocenters. The maximum Gasteiger partial charge on any atom is 0.313 e. The Balaban J connectivity index is 1.59. The predicted molar refractivity (Wildman–Crippen MR) is 135 cm³/mol. The number of nitrogens with zero attached hydrogens (tertiary/aromatic N) is 5. The Morgan fingerprint density at radius 1 is 1.17 bits per heavy atom. The number of methoxy groups -OCH3 is 1. The number of aryl methyl sites for hydroxylation is 1. The Morgan fingerprint density at radius 2 is 1.97 bits per heavy atom. The van der Waals surface area contributed by atoms with Crippen molar-refractivity contribution in [2.75, 3.05) is 18.2 Å². The molecule has 4 rings (SSSR count). The lowest BCUT2D eigenvalue weighted by atomic mass is 10.3. The number of anilines is 1. The Kier molecular flexibility index (Phi) is 8.28. The fourth-order valence-electron chi connectivity index (χ4n) is 2.63. The monoisotopic (exact) mass is 546 g/mol. The maximum absolute atomic E-state index is 13.2. The van der Waals surface area contributed by atoms with E-state index in [1.54, 1.807) is 18.0 Å². The van der Waals surface area contributed by atoms with Crippen LogP contribution in [-0.2, 0) is 11.8 Å². The highest BCUT2D eigenvalue weighted by molar-refractivity contribution is 8.01. The van der Waals surface area contributed by atoms with Crippen molar-refractivity contribution >= 4 is 63.6 Å². The van der Waals surface area contributed by atoms with Gasteiger partial charge >= 0.3 is 5.97 Å². The third-order valence-electron chi connectivity index (χ3n) is 4.24. The largest absolute Gasteiger partial charge is 0.497 e. The molecule has 3 aromatic heterocycles. The van der Waals surface area contributed by atoms with E-state index in [4.69, 9.17) is 9.84 Å². The van der Waals surface area contributed by atoms with Gasteiger partial charge in [-0.25, -0.2) is 9.97 Å². The molecule has 180 valence electrons. The molecular formula is C21H18N6O4S4. The number of hydrogen-bond donors (Lipinski definition) is 2. The molecule has 0 atom stereocenters. The van der Waals surface area contributed by atoms with Crippen molar-refractivity contribution < 1.29 is 19.4 Å². The van der Waals surface area contributed by atoms with Crippen molar-refractivity contribution in [2.24, 2.45) is 7.05 Å². The summed E-state index contributed by atoms with van der Waals surface area (Å²) in [5, 5.41) is 21.1. The van der Waals surface area contributed by atoms with Gasteiger partial charge in [0, 0.05) is 16.8 Å². The summed E-state index contributed by atoms with van der Waals surface area (Å²) in [6, 6.07) is 11.2. The minimum atomic E-state index is -0.921. The predicted octanol–water partition coefficient (Wildman–Crippen LogP) is 4.41. The van der Waals surface area contributed by atoms with Gasteiger partial charge in [0.25, 0.3) is 5.91 Å². The number of amides is 1. The molecule has 0 aliphatic heterocycles. The average Bonchev–Trinajstić information content (AvgIpc) is 3.47. The third-order valence-corrected chi connectivity index (χ3v) is 8.38. The van der Waals surface area contributed by atoms with Gasteiger partial charge in [-0.05, 0) is 48.2 Å². The van der Waals surface area contributed by atoms with Crippen LogP contribution >= 0.6 is 46.6 Å². The average molecular weight is 547 g/mol. The van der Waals surface area contributed by atoms with Crippen molar-refractivity contribution in [1.82, 2.24) is 24.7 Å². The number of carbonyl (C=O) groups is 2. The number of aromatic nitrogens is 5. The van der Waals surface area contributed by atoms with Gasteiger partial charge < -0.3 is 14.4 Å². The summed E-state index contributed by atoms with van der Waals surface area (Å²) in [4.78, 5) is 34.4. The second-order valence-electron chi connectivity index (χ2n) is 6.72. The van der Waals surface area contributed by atoms with Gasteiger partial charge in [0.1, 0.15) is 22.8 Å². The third kappa shape index (κ3) is 6.75. The molecule has 0 saturated carbocycles. The molecule has 0 bridgehead atoms. The molecule has 4 aromatic rings. The van der Waals surface area contributed by atoms with Gasteiger partial charge in [-0.3, -0.25) is 14.9 Å². The molecule has 0 aliphatic rings. The Bertz CT molecular complexity index is 1340. The number of carbonyl (C=O) groups excluding carboxylic acids is 1. The molecule has 0 aliphatic carbocycles. The van der Waals surface area contributed by atoms with Crippen molar-refractivity contribution in [3.05, 3.63) is 54.6 Å². The molecule has 0 fully saturated rings. The van der Waals surface area contributed by atoms with Crippen LogP contribution < -0.4 is 10.1 Å². The van der Waals surface area contributed by atoms with Crippen LogP contribution in [0, 0.1) is 0 Å². The van der Waals surface area contributed by atoms with E-state index in [2.05, 4.69) is 25.5 Å². The molecule has 10 nitrogen and oxygen atoms in total. The van der Waals surface area contributed by atoms with Crippen molar-refractivity contribution in [2.45, 2.75) is 24.2 Å². The van der Waals surface area contributed by atoms with Crippen LogP contribution in [0.4, 0.5) is 5.13 Å². The number of ether oxygens (including phenoxy) is 1. The number of nitrogens with one attached hydrogen (secondary N) is 1. The van der Waals surface area contributed by atoms with E-state index in [0.717, 1.165) is 22.4 Å². The number of pyridine rings is 1. The Labute approximate surface area is 216 Å². The van der Waals surface area contributed by atoms with Gasteiger partial charge in [0.05, 0.1) is 23.3 Å². The summed E-state index contributed by atoms with van der Waals surface area (Å²) in [5.74, 6) is -0.691. The number of carboxylic acid groups (broad SMARTS) is 1. The molecular weight excluding hydrogens is 529 g/mol. The maximum atomic E-state index is 13.2. The van der Waals surface area contributed by atoms with E-state index in [1.807, 2.05) is 43.4 Å². The van der Waals surface area contributed by atoms with Crippen LogP contribution in [0.15, 0.2) is 73.1 Å². The van der Waals surface area contributed by atoms with Crippen molar-refractivity contribution in [3.8, 4) is 5.75 Å². The fourth-order valence-corrected chi connectivity index (χ4v) is 5.86. The number of benzene rings is 1. The molecule has 0 spiro atoms. The quantitative estimate of drug-likeness (QED) is 0.274. The highest BCUT2D eigenvalue weighted by Gasteiger charge is 2.19. The van der Waals surface area contributed by atoms with Gasteiger partial charge in [-0.15, -0.1) is 22.0 Å². The van der Waals surface area contributed by atoms with E-state index in [9.17, 15) is 9.59 Å². The van der Waals surface area contributed by atoms with E-state index in [1.165, 1.54) is 41.1 Å². The summed E-state index contributed by atoms with van der Waals surface area (Å²) in [6.07, 6.45) is 3.13. The lowest BCUT2D eigenvalue weighted by Gasteiger charge is -2.10. The summed E-state index contributed by atoms with van der Waals surface area (Å²) >= 11 is 5.04. The first-order valence-corrected chi connectivity index (χ1v) is 13.3. The highest BCUT2D eigenvalue weighted by atomic mass is 32.2. The smallest absolute Gasteiger partial charge is 0.313 e. The standard InChI is InChI=1S/C21H18N6O4S4/c1-27-11-23-26-21(27)34-15-8-7-14(33-13-5-3-12(31-2)4-6-13)18(24-15)19(30)25-20-22-9-17(35-20)32-10-16(28)29/h3-9,11H,10H2,1-2H3,(H,28,29)(H,22,25,30). The molecule has 0 saturated heterocycles. The molecule has 2 N–H and O–H groups in total. The van der Waals surface area contributed by atoms with E-state index >= 15 is 0 Å². The zero-order valence-electron chi connectivity index (χ0n) is 18.4. The first kappa shape index (κ1) is 25.0. The van der Waals surface area contributed by atoms with Crippen LogP contribution in [0.2, 0.25) is 0 Å². The lowest BCUT2D eigenvalue weighted by molar-refractivity contribution is -0.133. The second-order valence-corrected chi connectivity index (χ2v) is 11.1. The van der Waals surface area contributed by atoms with Crippen molar-refractivity contribution in [1.29, 1.82) is 0 Å². The number of thioether (sulfide) groups is 1. The number of aliphatic carboxylic acids is 1. The normalized spacial score (nSPS) is 10.8. The molecule has 3 heterocycles. The first-order valence-electron chi connectivity index (χ1n) is 9.88. The van der Waals surface area contributed by atoms with Gasteiger partial charge in [-0.1, -0.05) is 23.1 Å². The molecule has 35 heavy (non-hydrogen) atoms. The second kappa shape index (κ2) is 11.6. The number of thiazole rings is 1. The lowest BCUT2D eigenvalue weighted by Crippen LogP contribution is -2.15. The molecule has 1 amide bonds. The zero-order chi connectivity index (χ0) is 24.8. The number of rotatable bonds is 10. The number of carboxylic acids is 1. The van der Waals surface area contributed by atoms with Crippen LogP contribution in [0.3, 0.4) is 0 Å². The van der Waals surface area contributed by atoms with Crippen LogP contribution in [0.5, 0.6) is 5.75 Å². The summed E-state index contributed by atoms with van der Waals surface area (Å²) < 4.78 is 7.67. The summed E-state index contributed by atoms with van der Waals surface area (Å²) in [6.45, 7) is 0. The van der Waals surface area contributed by atoms with Gasteiger partial charge in [0.2, 0.25) is 0 Å². The molecule has 14 heteroatoms. The molecule has 0 radical (unpaired) electrons. The number of hydrogen-bond acceptors (Lipinski definition) is 11. The minimum absolute atomic E-state index is 0.0822. The zero-order valence-corrected chi connectivity index (χ0v) is 21.6.